The molecule has 4 aromatic rings. The number of anilines is 2. The van der Waals surface area contributed by atoms with Crippen LogP contribution < -0.4 is 15.8 Å². The Bertz CT molecular complexity index is 1420. The number of pyridine rings is 1. The second-order valence-electron chi connectivity index (χ2n) is 8.94. The highest BCUT2D eigenvalue weighted by atomic mass is 35.5. The minimum absolute atomic E-state index is 0.0699. The molecule has 178 valence electrons. The normalized spacial score (nSPS) is 15.8. The Morgan fingerprint density at radius 3 is 2.66 bits per heavy atom. The SMILES string of the molecule is Cc1ccc(Cn2c(=O)c(N3CCC[C@H](C(=O)Nc4ccc(Cl)cc4)C3)nc3cccnc32)cc1. The first kappa shape index (κ1) is 23.1. The minimum Gasteiger partial charge on any atom is -0.351 e. The maximum atomic E-state index is 13.7. The van der Waals surface area contributed by atoms with Crippen molar-refractivity contribution in [1.29, 1.82) is 0 Å². The molecule has 7 nitrogen and oxygen atoms in total. The van der Waals surface area contributed by atoms with Gasteiger partial charge in [0.15, 0.2) is 11.5 Å². The predicted octanol–water partition coefficient (Wildman–Crippen LogP) is 4.66. The zero-order chi connectivity index (χ0) is 24.4. The molecule has 1 N–H and O–H groups in total. The van der Waals surface area contributed by atoms with E-state index >= 15 is 0 Å². The molecule has 3 heterocycles. The summed E-state index contributed by atoms with van der Waals surface area (Å²) in [6.07, 6.45) is 3.22. The van der Waals surface area contributed by atoms with Gasteiger partial charge in [-0.2, -0.15) is 0 Å². The van der Waals surface area contributed by atoms with Gasteiger partial charge in [-0.25, -0.2) is 9.97 Å². The number of amides is 1. The molecular weight excluding hydrogens is 462 g/mol. The first-order valence-electron chi connectivity index (χ1n) is 11.7. The standard InChI is InChI=1S/C27H26ClN5O2/c1-18-6-8-19(9-7-18)16-33-24-23(5-2-14-29-24)31-25(27(33)35)32-15-3-4-20(17-32)26(34)30-22-12-10-21(28)11-13-22/h2,5-14,20H,3-4,15-17H2,1H3,(H,30,34)/t20-/m0/s1. The van der Waals surface area contributed by atoms with Crippen LogP contribution in [0.15, 0.2) is 71.7 Å². The summed E-state index contributed by atoms with van der Waals surface area (Å²) in [5.74, 6) is 0.0387. The second kappa shape index (κ2) is 9.88. The number of carbonyl (C=O) groups excluding carboxylic acids is 1. The van der Waals surface area contributed by atoms with E-state index in [2.05, 4.69) is 15.3 Å². The molecule has 0 bridgehead atoms. The summed E-state index contributed by atoms with van der Waals surface area (Å²) >= 11 is 5.95. The molecule has 1 atom stereocenters. The van der Waals surface area contributed by atoms with E-state index in [1.54, 1.807) is 35.0 Å². The van der Waals surface area contributed by atoms with Crippen LogP contribution in [0.3, 0.4) is 0 Å². The number of piperidine rings is 1. The van der Waals surface area contributed by atoms with Crippen LogP contribution in [-0.2, 0) is 11.3 Å². The zero-order valence-electron chi connectivity index (χ0n) is 19.4. The van der Waals surface area contributed by atoms with Gasteiger partial charge in [-0.15, -0.1) is 0 Å². The van der Waals surface area contributed by atoms with E-state index in [9.17, 15) is 9.59 Å². The van der Waals surface area contributed by atoms with Gasteiger partial charge in [0, 0.05) is 30.0 Å². The fraction of sp³-hybridized carbons (Fsp3) is 0.259. The Morgan fingerprint density at radius 1 is 1.11 bits per heavy atom. The summed E-state index contributed by atoms with van der Waals surface area (Å²) < 4.78 is 1.68. The van der Waals surface area contributed by atoms with Crippen LogP contribution in [0, 0.1) is 12.8 Å². The number of aromatic nitrogens is 3. The smallest absolute Gasteiger partial charge is 0.295 e. The Morgan fingerprint density at radius 2 is 1.89 bits per heavy atom. The highest BCUT2D eigenvalue weighted by molar-refractivity contribution is 6.30. The summed E-state index contributed by atoms with van der Waals surface area (Å²) in [5, 5.41) is 3.58. The first-order chi connectivity index (χ1) is 17.0. The van der Waals surface area contributed by atoms with Crippen molar-refractivity contribution in [2.45, 2.75) is 26.3 Å². The van der Waals surface area contributed by atoms with Crippen molar-refractivity contribution >= 4 is 40.2 Å². The molecular formula is C27H26ClN5O2. The fourth-order valence-electron chi connectivity index (χ4n) is 4.45. The molecule has 2 aromatic carbocycles. The number of aryl methyl sites for hydroxylation is 1. The van der Waals surface area contributed by atoms with Gasteiger partial charge in [-0.3, -0.25) is 14.2 Å². The first-order valence-corrected chi connectivity index (χ1v) is 12.1. The third kappa shape index (κ3) is 5.05. The van der Waals surface area contributed by atoms with Gasteiger partial charge in [-0.1, -0.05) is 41.4 Å². The number of benzene rings is 2. The summed E-state index contributed by atoms with van der Waals surface area (Å²) in [7, 11) is 0. The van der Waals surface area contributed by atoms with Crippen LogP contribution in [0.25, 0.3) is 11.2 Å². The van der Waals surface area contributed by atoms with Gasteiger partial charge < -0.3 is 10.2 Å². The van der Waals surface area contributed by atoms with E-state index in [-0.39, 0.29) is 17.4 Å². The summed E-state index contributed by atoms with van der Waals surface area (Å²) in [5.41, 5.74) is 3.89. The van der Waals surface area contributed by atoms with Crippen LogP contribution in [-0.4, -0.2) is 33.5 Å². The molecule has 0 saturated carbocycles. The van der Waals surface area contributed by atoms with Gasteiger partial charge in [-0.05, 0) is 61.7 Å². The molecule has 0 radical (unpaired) electrons. The van der Waals surface area contributed by atoms with Gasteiger partial charge in [0.2, 0.25) is 5.91 Å². The maximum Gasteiger partial charge on any atom is 0.295 e. The van der Waals surface area contributed by atoms with Crippen LogP contribution in [0.5, 0.6) is 0 Å². The second-order valence-corrected chi connectivity index (χ2v) is 9.38. The number of fused-ring (bicyclic) bond motifs is 1. The Hall–Kier alpha value is -3.71. The monoisotopic (exact) mass is 487 g/mol. The molecule has 5 rings (SSSR count). The van der Waals surface area contributed by atoms with E-state index in [4.69, 9.17) is 11.6 Å². The third-order valence-electron chi connectivity index (χ3n) is 6.35. The van der Waals surface area contributed by atoms with E-state index in [0.717, 1.165) is 24.0 Å². The van der Waals surface area contributed by atoms with Gasteiger partial charge in [0.05, 0.1) is 12.5 Å². The number of nitrogens with zero attached hydrogens (tertiary/aromatic N) is 4. The number of carbonyl (C=O) groups is 1. The van der Waals surface area contributed by atoms with E-state index in [1.165, 1.54) is 0 Å². The van der Waals surface area contributed by atoms with Crippen molar-refractivity contribution in [2.75, 3.05) is 23.3 Å². The molecule has 1 aliphatic rings. The third-order valence-corrected chi connectivity index (χ3v) is 6.60. The molecule has 1 fully saturated rings. The average Bonchev–Trinajstić information content (AvgIpc) is 2.88. The Kier molecular flexibility index (Phi) is 6.51. The quantitative estimate of drug-likeness (QED) is 0.443. The van der Waals surface area contributed by atoms with Crippen molar-refractivity contribution in [3.05, 3.63) is 93.4 Å². The fourth-order valence-corrected chi connectivity index (χ4v) is 4.58. The van der Waals surface area contributed by atoms with Crippen molar-refractivity contribution in [2.24, 2.45) is 5.92 Å². The molecule has 2 aromatic heterocycles. The average molecular weight is 488 g/mol. The van der Waals surface area contributed by atoms with Gasteiger partial charge in [0.25, 0.3) is 5.56 Å². The summed E-state index contributed by atoms with van der Waals surface area (Å²) in [6, 6.07) is 18.8. The Balaban J connectivity index is 1.44. The molecule has 8 heteroatoms. The highest BCUT2D eigenvalue weighted by Gasteiger charge is 2.29. The van der Waals surface area contributed by atoms with Gasteiger partial charge >= 0.3 is 0 Å². The number of hydrogen-bond acceptors (Lipinski definition) is 5. The number of rotatable bonds is 5. The molecule has 35 heavy (non-hydrogen) atoms. The minimum atomic E-state index is -0.254. The lowest BCUT2D eigenvalue weighted by Gasteiger charge is -2.32. The number of halogens is 1. The molecule has 1 saturated heterocycles. The summed E-state index contributed by atoms with van der Waals surface area (Å²) in [4.78, 5) is 37.7. The lowest BCUT2D eigenvalue weighted by Crippen LogP contribution is -2.44. The predicted molar refractivity (Wildman–Crippen MR) is 139 cm³/mol. The van der Waals surface area contributed by atoms with E-state index in [1.807, 2.05) is 48.2 Å². The zero-order valence-corrected chi connectivity index (χ0v) is 20.2. The van der Waals surface area contributed by atoms with Crippen LogP contribution >= 0.6 is 11.6 Å². The Labute approximate surface area is 208 Å². The number of nitrogens with one attached hydrogen (secondary N) is 1. The topological polar surface area (TPSA) is 80.1 Å². The van der Waals surface area contributed by atoms with Crippen molar-refractivity contribution in [1.82, 2.24) is 14.5 Å². The van der Waals surface area contributed by atoms with E-state index < -0.39 is 0 Å². The van der Waals surface area contributed by atoms with Crippen molar-refractivity contribution in [3.8, 4) is 0 Å². The van der Waals surface area contributed by atoms with Crippen molar-refractivity contribution in [3.63, 3.8) is 0 Å². The lowest BCUT2D eigenvalue weighted by atomic mass is 9.97. The van der Waals surface area contributed by atoms with Gasteiger partial charge in [0.1, 0.15) is 5.52 Å². The molecule has 0 spiro atoms. The van der Waals surface area contributed by atoms with Crippen LogP contribution in [0.4, 0.5) is 11.5 Å². The molecule has 0 aliphatic carbocycles. The van der Waals surface area contributed by atoms with Crippen molar-refractivity contribution < 1.29 is 4.79 Å². The highest BCUT2D eigenvalue weighted by Crippen LogP contribution is 2.23. The maximum absolute atomic E-state index is 13.7. The lowest BCUT2D eigenvalue weighted by molar-refractivity contribution is -0.120. The summed E-state index contributed by atoms with van der Waals surface area (Å²) in [6.45, 7) is 3.53. The molecule has 0 unspecified atom stereocenters. The largest absolute Gasteiger partial charge is 0.351 e. The molecule has 1 amide bonds. The molecule has 1 aliphatic heterocycles. The van der Waals surface area contributed by atoms with Crippen LogP contribution in [0.1, 0.15) is 24.0 Å². The van der Waals surface area contributed by atoms with E-state index in [0.29, 0.717) is 47.3 Å². The number of hydrogen-bond donors (Lipinski definition) is 1. The van der Waals surface area contributed by atoms with Crippen LogP contribution in [0.2, 0.25) is 5.02 Å².